The van der Waals surface area contributed by atoms with Crippen LogP contribution in [-0.4, -0.2) is 5.91 Å². The number of halogens is 2. The Morgan fingerprint density at radius 3 is 2.86 bits per heavy atom. The highest BCUT2D eigenvalue weighted by molar-refractivity contribution is 9.10. The summed E-state index contributed by atoms with van der Waals surface area (Å²) in [5, 5.41) is 6.00. The molecule has 5 heteroatoms. The maximum absolute atomic E-state index is 13.2. The summed E-state index contributed by atoms with van der Waals surface area (Å²) in [6.45, 7) is 2.00. The van der Waals surface area contributed by atoms with Crippen LogP contribution in [0.1, 0.15) is 30.1 Å². The van der Waals surface area contributed by atoms with E-state index in [4.69, 9.17) is 0 Å². The van der Waals surface area contributed by atoms with Gasteiger partial charge in [-0.25, -0.2) is 4.39 Å². The smallest absolute Gasteiger partial charge is 0.246 e. The van der Waals surface area contributed by atoms with Crippen LogP contribution in [0.25, 0.3) is 0 Å². The first kappa shape index (κ1) is 14.2. The van der Waals surface area contributed by atoms with Crippen molar-refractivity contribution in [2.75, 3.05) is 5.32 Å². The molecule has 0 saturated heterocycles. The molecular weight excluding hydrogens is 335 g/mol. The lowest BCUT2D eigenvalue weighted by atomic mass is 10.0. The van der Waals surface area contributed by atoms with E-state index in [0.29, 0.717) is 5.69 Å². The van der Waals surface area contributed by atoms with Crippen LogP contribution in [0.5, 0.6) is 0 Å². The summed E-state index contributed by atoms with van der Waals surface area (Å²) >= 11 is 3.44. The van der Waals surface area contributed by atoms with Gasteiger partial charge in [0.15, 0.2) is 0 Å². The van der Waals surface area contributed by atoms with Gasteiger partial charge in [-0.2, -0.15) is 0 Å². The van der Waals surface area contributed by atoms with Crippen LogP contribution in [0.3, 0.4) is 0 Å². The van der Waals surface area contributed by atoms with Gasteiger partial charge in [0.1, 0.15) is 11.9 Å². The lowest BCUT2D eigenvalue weighted by Crippen LogP contribution is -2.29. The summed E-state index contributed by atoms with van der Waals surface area (Å²) in [4.78, 5) is 12.1. The van der Waals surface area contributed by atoms with Gasteiger partial charge in [0.2, 0.25) is 5.91 Å². The van der Waals surface area contributed by atoms with Crippen LogP contribution in [-0.2, 0) is 4.79 Å². The zero-order valence-electron chi connectivity index (χ0n) is 11.4. The molecule has 0 aromatic heterocycles. The largest absolute Gasteiger partial charge is 0.324 e. The van der Waals surface area contributed by atoms with Crippen molar-refractivity contribution in [1.82, 2.24) is 5.32 Å². The quantitative estimate of drug-likeness (QED) is 0.882. The number of fused-ring (bicyclic) bond motifs is 1. The minimum Gasteiger partial charge on any atom is -0.324 e. The SMILES string of the molecule is CC(NC1C(=O)Nc2cc(F)ccc21)c1cccc(Br)c1. The van der Waals surface area contributed by atoms with E-state index in [2.05, 4.69) is 26.6 Å². The van der Waals surface area contributed by atoms with Crippen molar-refractivity contribution < 1.29 is 9.18 Å². The molecule has 0 fully saturated rings. The summed E-state index contributed by atoms with van der Waals surface area (Å²) in [6.07, 6.45) is 0. The molecule has 1 amide bonds. The number of nitrogens with one attached hydrogen (secondary N) is 2. The first-order valence-corrected chi connectivity index (χ1v) is 7.46. The highest BCUT2D eigenvalue weighted by Gasteiger charge is 2.31. The molecule has 0 spiro atoms. The number of carbonyl (C=O) groups is 1. The van der Waals surface area contributed by atoms with Gasteiger partial charge >= 0.3 is 0 Å². The molecule has 1 aliphatic rings. The van der Waals surface area contributed by atoms with Crippen LogP contribution in [0.2, 0.25) is 0 Å². The number of anilines is 1. The monoisotopic (exact) mass is 348 g/mol. The lowest BCUT2D eigenvalue weighted by Gasteiger charge is -2.19. The van der Waals surface area contributed by atoms with E-state index in [-0.39, 0.29) is 17.8 Å². The zero-order valence-corrected chi connectivity index (χ0v) is 12.9. The van der Waals surface area contributed by atoms with Gasteiger partial charge in [0.25, 0.3) is 0 Å². The molecule has 0 bridgehead atoms. The number of hydrogen-bond donors (Lipinski definition) is 2. The first-order chi connectivity index (χ1) is 10.0. The summed E-state index contributed by atoms with van der Waals surface area (Å²) in [6, 6.07) is 11.8. The molecule has 108 valence electrons. The maximum atomic E-state index is 13.2. The van der Waals surface area contributed by atoms with E-state index in [1.807, 2.05) is 31.2 Å². The zero-order chi connectivity index (χ0) is 15.0. The van der Waals surface area contributed by atoms with Crippen molar-refractivity contribution in [3.63, 3.8) is 0 Å². The van der Waals surface area contributed by atoms with Gasteiger partial charge in [-0.1, -0.05) is 34.1 Å². The molecule has 2 N–H and O–H groups in total. The van der Waals surface area contributed by atoms with Crippen molar-refractivity contribution in [3.8, 4) is 0 Å². The predicted octanol–water partition coefficient (Wildman–Crippen LogP) is 3.93. The molecule has 1 aliphatic heterocycles. The fourth-order valence-electron chi connectivity index (χ4n) is 2.52. The Hall–Kier alpha value is -1.72. The maximum Gasteiger partial charge on any atom is 0.246 e. The number of benzene rings is 2. The van der Waals surface area contributed by atoms with E-state index in [1.54, 1.807) is 6.07 Å². The minimum atomic E-state index is -0.463. The van der Waals surface area contributed by atoms with Crippen LogP contribution < -0.4 is 10.6 Å². The molecule has 1 heterocycles. The topological polar surface area (TPSA) is 41.1 Å². The van der Waals surface area contributed by atoms with Crippen LogP contribution in [0.4, 0.5) is 10.1 Å². The van der Waals surface area contributed by atoms with E-state index in [0.717, 1.165) is 15.6 Å². The Labute approximate surface area is 130 Å². The molecule has 3 rings (SSSR count). The summed E-state index contributed by atoms with van der Waals surface area (Å²) in [5.74, 6) is -0.507. The van der Waals surface area contributed by atoms with Crippen molar-refractivity contribution in [3.05, 3.63) is 63.9 Å². The van der Waals surface area contributed by atoms with Gasteiger partial charge in [-0.15, -0.1) is 0 Å². The Morgan fingerprint density at radius 2 is 2.10 bits per heavy atom. The van der Waals surface area contributed by atoms with E-state index >= 15 is 0 Å². The summed E-state index contributed by atoms with van der Waals surface area (Å²) < 4.78 is 14.2. The highest BCUT2D eigenvalue weighted by Crippen LogP contribution is 2.33. The molecule has 0 radical (unpaired) electrons. The van der Waals surface area contributed by atoms with Crippen LogP contribution in [0, 0.1) is 5.82 Å². The van der Waals surface area contributed by atoms with Crippen molar-refractivity contribution in [1.29, 1.82) is 0 Å². The van der Waals surface area contributed by atoms with Crippen molar-refractivity contribution >= 4 is 27.5 Å². The normalized spacial score (nSPS) is 18.2. The fraction of sp³-hybridized carbons (Fsp3) is 0.188. The van der Waals surface area contributed by atoms with E-state index < -0.39 is 6.04 Å². The number of carbonyl (C=O) groups excluding carboxylic acids is 1. The Kier molecular flexibility index (Phi) is 3.78. The molecule has 0 aliphatic carbocycles. The first-order valence-electron chi connectivity index (χ1n) is 6.66. The molecule has 0 saturated carbocycles. The van der Waals surface area contributed by atoms with Gasteiger partial charge in [0, 0.05) is 21.8 Å². The predicted molar refractivity (Wildman–Crippen MR) is 83.5 cm³/mol. The average molecular weight is 349 g/mol. The molecular formula is C16H14BrFN2O. The third-order valence-corrected chi connectivity index (χ3v) is 4.10. The van der Waals surface area contributed by atoms with E-state index in [1.165, 1.54) is 12.1 Å². The van der Waals surface area contributed by atoms with Gasteiger partial charge < -0.3 is 5.32 Å². The molecule has 2 atom stereocenters. The second kappa shape index (κ2) is 5.58. The Bertz CT molecular complexity index is 704. The third-order valence-electron chi connectivity index (χ3n) is 3.61. The highest BCUT2D eigenvalue weighted by atomic mass is 79.9. The Balaban J connectivity index is 1.84. The van der Waals surface area contributed by atoms with Crippen LogP contribution in [0.15, 0.2) is 46.9 Å². The van der Waals surface area contributed by atoms with Gasteiger partial charge in [-0.3, -0.25) is 10.1 Å². The number of amides is 1. The van der Waals surface area contributed by atoms with Crippen molar-refractivity contribution in [2.45, 2.75) is 19.0 Å². The van der Waals surface area contributed by atoms with Gasteiger partial charge in [0.05, 0.1) is 0 Å². The molecule has 2 aromatic carbocycles. The second-order valence-electron chi connectivity index (χ2n) is 5.10. The second-order valence-corrected chi connectivity index (χ2v) is 6.01. The average Bonchev–Trinajstić information content (AvgIpc) is 2.74. The molecule has 2 aromatic rings. The number of rotatable bonds is 3. The Morgan fingerprint density at radius 1 is 1.29 bits per heavy atom. The van der Waals surface area contributed by atoms with E-state index in [9.17, 15) is 9.18 Å². The molecule has 3 nitrogen and oxygen atoms in total. The fourth-order valence-corrected chi connectivity index (χ4v) is 2.94. The summed E-state index contributed by atoms with van der Waals surface area (Å²) in [7, 11) is 0. The number of hydrogen-bond acceptors (Lipinski definition) is 2. The molecule has 21 heavy (non-hydrogen) atoms. The minimum absolute atomic E-state index is 0.00532. The standard InChI is InChI=1S/C16H14BrFN2O/c1-9(10-3-2-4-11(17)7-10)19-15-13-6-5-12(18)8-14(13)20-16(15)21/h2-9,15,19H,1H3,(H,20,21). The lowest BCUT2D eigenvalue weighted by molar-refractivity contribution is -0.117. The molecule has 2 unspecified atom stereocenters. The van der Waals surface area contributed by atoms with Crippen molar-refractivity contribution in [2.24, 2.45) is 0 Å². The van der Waals surface area contributed by atoms with Crippen LogP contribution >= 0.6 is 15.9 Å². The third kappa shape index (κ3) is 2.84. The van der Waals surface area contributed by atoms with Gasteiger partial charge in [-0.05, 0) is 36.8 Å². The summed E-state index contributed by atoms with van der Waals surface area (Å²) in [5.41, 5.74) is 2.40.